The van der Waals surface area contributed by atoms with E-state index in [1.165, 1.54) is 4.90 Å². The molecule has 3 aromatic rings. The second-order valence-electron chi connectivity index (χ2n) is 8.56. The number of hydrogen-bond acceptors (Lipinski definition) is 5. The van der Waals surface area contributed by atoms with Crippen molar-refractivity contribution < 1.29 is 19.1 Å². The van der Waals surface area contributed by atoms with Gasteiger partial charge < -0.3 is 9.30 Å². The number of halogens is 1. The smallest absolute Gasteiger partial charge is 0.338 e. The van der Waals surface area contributed by atoms with Gasteiger partial charge in [-0.25, -0.2) is 4.79 Å². The fourth-order valence-electron chi connectivity index (χ4n) is 4.04. The summed E-state index contributed by atoms with van der Waals surface area (Å²) in [5, 5.41) is 0.200. The molecular weight excluding hydrogens is 496 g/mol. The van der Waals surface area contributed by atoms with E-state index in [0.717, 1.165) is 52.8 Å². The lowest BCUT2D eigenvalue weighted by Gasteiger charge is -2.13. The van der Waals surface area contributed by atoms with Gasteiger partial charge in [0.1, 0.15) is 0 Å². The Kier molecular flexibility index (Phi) is 8.01. The number of carbonyl (C=O) groups excluding carboxylic acids is 3. The highest BCUT2D eigenvalue weighted by Gasteiger charge is 2.35. The Bertz CT molecular complexity index is 1340. The van der Waals surface area contributed by atoms with Crippen molar-refractivity contribution in [2.75, 3.05) is 6.61 Å². The molecule has 36 heavy (non-hydrogen) atoms. The summed E-state index contributed by atoms with van der Waals surface area (Å²) in [5.41, 5.74) is 4.85. The van der Waals surface area contributed by atoms with E-state index in [9.17, 15) is 14.4 Å². The second-order valence-corrected chi connectivity index (χ2v) is 9.96. The van der Waals surface area contributed by atoms with Crippen LogP contribution in [-0.2, 0) is 16.1 Å². The van der Waals surface area contributed by atoms with Gasteiger partial charge in [-0.1, -0.05) is 43.1 Å². The molecule has 186 valence electrons. The number of imide groups is 1. The van der Waals surface area contributed by atoms with E-state index >= 15 is 0 Å². The summed E-state index contributed by atoms with van der Waals surface area (Å²) in [7, 11) is 0. The third kappa shape index (κ3) is 5.42. The average molecular weight is 523 g/mol. The van der Waals surface area contributed by atoms with E-state index in [2.05, 4.69) is 0 Å². The molecule has 2 amide bonds. The molecule has 1 aromatic heterocycles. The molecule has 2 aromatic carbocycles. The third-order valence-electron chi connectivity index (χ3n) is 6.01. The van der Waals surface area contributed by atoms with Crippen molar-refractivity contribution in [3.63, 3.8) is 0 Å². The first-order chi connectivity index (χ1) is 17.3. The summed E-state index contributed by atoms with van der Waals surface area (Å²) in [5.74, 6) is -0.662. The molecule has 0 atom stereocenters. The van der Waals surface area contributed by atoms with Gasteiger partial charge >= 0.3 is 5.97 Å². The topological polar surface area (TPSA) is 68.6 Å². The Hall–Kier alpha value is -3.29. The van der Waals surface area contributed by atoms with E-state index < -0.39 is 0 Å². The second kappa shape index (κ2) is 11.2. The van der Waals surface area contributed by atoms with Gasteiger partial charge in [0.15, 0.2) is 0 Å². The van der Waals surface area contributed by atoms with Crippen molar-refractivity contribution in [3.8, 4) is 5.69 Å². The van der Waals surface area contributed by atoms with Gasteiger partial charge in [0.05, 0.1) is 23.6 Å². The van der Waals surface area contributed by atoms with Gasteiger partial charge in [-0.2, -0.15) is 0 Å². The van der Waals surface area contributed by atoms with Crippen molar-refractivity contribution >= 4 is 46.6 Å². The highest BCUT2D eigenvalue weighted by Crippen LogP contribution is 2.35. The highest BCUT2D eigenvalue weighted by molar-refractivity contribution is 8.18. The summed E-state index contributed by atoms with van der Waals surface area (Å²) in [6, 6.07) is 16.4. The van der Waals surface area contributed by atoms with Crippen LogP contribution in [0, 0.1) is 13.8 Å². The largest absolute Gasteiger partial charge is 0.462 e. The van der Waals surface area contributed by atoms with Crippen molar-refractivity contribution in [3.05, 3.63) is 92.6 Å². The normalized spacial score (nSPS) is 14.7. The van der Waals surface area contributed by atoms with E-state index in [4.69, 9.17) is 16.3 Å². The van der Waals surface area contributed by atoms with Crippen LogP contribution >= 0.6 is 23.4 Å². The maximum atomic E-state index is 13.0. The number of aromatic nitrogens is 1. The zero-order valence-corrected chi connectivity index (χ0v) is 22.0. The molecule has 0 radical (unpaired) electrons. The number of carbonyl (C=O) groups is 3. The molecule has 0 saturated carbocycles. The first-order valence-corrected chi connectivity index (χ1v) is 12.9. The van der Waals surface area contributed by atoms with Crippen molar-refractivity contribution in [2.24, 2.45) is 0 Å². The number of nitrogens with zero attached hydrogens (tertiary/aromatic N) is 2. The zero-order chi connectivity index (χ0) is 25.8. The standard InChI is InChI=1S/C28H27ClN2O4S/c1-4-5-14-35-27(33)20-10-12-23(13-11-20)31-18(2)15-22(19(31)3)16-25-26(32)30(28(34)36-25)17-21-8-6-7-9-24(21)29/h6-13,15-16H,4-5,14,17H2,1-3H3/b25-16-. The molecule has 0 bridgehead atoms. The van der Waals surface area contributed by atoms with Crippen LogP contribution in [-0.4, -0.2) is 33.2 Å². The highest BCUT2D eigenvalue weighted by atomic mass is 35.5. The lowest BCUT2D eigenvalue weighted by Crippen LogP contribution is -2.27. The fourth-order valence-corrected chi connectivity index (χ4v) is 5.07. The number of unbranched alkanes of at least 4 members (excludes halogenated alkanes) is 1. The minimum absolute atomic E-state index is 0.133. The minimum atomic E-state index is -0.333. The molecule has 1 aliphatic heterocycles. The number of esters is 1. The number of amides is 2. The summed E-state index contributed by atoms with van der Waals surface area (Å²) >= 11 is 7.15. The van der Waals surface area contributed by atoms with E-state index in [1.807, 2.05) is 55.7 Å². The molecule has 2 heterocycles. The quantitative estimate of drug-likeness (QED) is 0.182. The predicted molar refractivity (Wildman–Crippen MR) is 143 cm³/mol. The summed E-state index contributed by atoms with van der Waals surface area (Å²) in [6.45, 7) is 6.53. The monoisotopic (exact) mass is 522 g/mol. The van der Waals surface area contributed by atoms with Crippen molar-refractivity contribution in [2.45, 2.75) is 40.2 Å². The average Bonchev–Trinajstić information content (AvgIpc) is 3.29. The van der Waals surface area contributed by atoms with Crippen LogP contribution in [0.15, 0.2) is 59.5 Å². The number of aryl methyl sites for hydroxylation is 1. The van der Waals surface area contributed by atoms with Gasteiger partial charge in [-0.3, -0.25) is 14.5 Å². The molecule has 1 aliphatic rings. The molecule has 1 fully saturated rings. The van der Waals surface area contributed by atoms with E-state index in [0.29, 0.717) is 22.1 Å². The summed E-state index contributed by atoms with van der Waals surface area (Å²) in [6.07, 6.45) is 3.57. The number of hydrogen-bond donors (Lipinski definition) is 0. The SMILES string of the molecule is CCCCOC(=O)c1ccc(-n2c(C)cc(/C=C3\SC(=O)N(Cc4ccccc4Cl)C3=O)c2C)cc1. The van der Waals surface area contributed by atoms with Gasteiger partial charge in [0, 0.05) is 22.1 Å². The Morgan fingerprint density at radius 2 is 1.81 bits per heavy atom. The van der Waals surface area contributed by atoms with E-state index in [1.54, 1.807) is 30.3 Å². The summed E-state index contributed by atoms with van der Waals surface area (Å²) < 4.78 is 7.33. The molecule has 0 unspecified atom stereocenters. The Balaban J connectivity index is 1.54. The van der Waals surface area contributed by atoms with Crippen LogP contribution in [0.4, 0.5) is 4.79 Å². The lowest BCUT2D eigenvalue weighted by atomic mass is 10.2. The van der Waals surface area contributed by atoms with Crippen LogP contribution in [0.2, 0.25) is 5.02 Å². The zero-order valence-electron chi connectivity index (χ0n) is 20.4. The van der Waals surface area contributed by atoms with Crippen LogP contribution < -0.4 is 0 Å². The van der Waals surface area contributed by atoms with Crippen LogP contribution in [0.1, 0.15) is 52.6 Å². The molecule has 4 rings (SSSR count). The lowest BCUT2D eigenvalue weighted by molar-refractivity contribution is -0.123. The molecule has 6 nitrogen and oxygen atoms in total. The van der Waals surface area contributed by atoms with Crippen LogP contribution in [0.25, 0.3) is 11.8 Å². The van der Waals surface area contributed by atoms with Crippen molar-refractivity contribution in [1.82, 2.24) is 9.47 Å². The Morgan fingerprint density at radius 3 is 2.50 bits per heavy atom. The first kappa shape index (κ1) is 25.8. The maximum Gasteiger partial charge on any atom is 0.338 e. The summed E-state index contributed by atoms with van der Waals surface area (Å²) in [4.78, 5) is 39.4. The molecule has 0 spiro atoms. The molecular formula is C28H27ClN2O4S. The van der Waals surface area contributed by atoms with Crippen LogP contribution in [0.3, 0.4) is 0 Å². The fraction of sp³-hybridized carbons (Fsp3) is 0.250. The number of ether oxygens (including phenoxy) is 1. The van der Waals surface area contributed by atoms with E-state index in [-0.39, 0.29) is 23.7 Å². The predicted octanol–water partition coefficient (Wildman–Crippen LogP) is 6.94. The molecule has 0 aliphatic carbocycles. The van der Waals surface area contributed by atoms with Crippen molar-refractivity contribution in [1.29, 1.82) is 0 Å². The molecule has 1 saturated heterocycles. The number of rotatable bonds is 8. The number of thioether (sulfide) groups is 1. The molecule has 8 heteroatoms. The van der Waals surface area contributed by atoms with Gasteiger partial charge in [0.25, 0.3) is 11.1 Å². The Morgan fingerprint density at radius 1 is 1.08 bits per heavy atom. The third-order valence-corrected chi connectivity index (χ3v) is 7.29. The maximum absolute atomic E-state index is 13.0. The molecule has 0 N–H and O–H groups in total. The van der Waals surface area contributed by atoms with Gasteiger partial charge in [-0.05, 0) is 85.6 Å². The first-order valence-electron chi connectivity index (χ1n) is 11.8. The minimum Gasteiger partial charge on any atom is -0.462 e. The Labute approximate surface area is 219 Å². The number of benzene rings is 2. The van der Waals surface area contributed by atoms with Crippen LogP contribution in [0.5, 0.6) is 0 Å². The van der Waals surface area contributed by atoms with Gasteiger partial charge in [-0.15, -0.1) is 0 Å². The van der Waals surface area contributed by atoms with Gasteiger partial charge in [0.2, 0.25) is 0 Å².